The van der Waals surface area contributed by atoms with E-state index in [2.05, 4.69) is 0 Å². The number of esters is 1. The molecule has 1 atom stereocenters. The second-order valence-corrected chi connectivity index (χ2v) is 3.77. The molecule has 0 aliphatic carbocycles. The van der Waals surface area contributed by atoms with Gasteiger partial charge in [-0.05, 0) is 24.6 Å². The fourth-order valence-electron chi connectivity index (χ4n) is 1.12. The third-order valence-electron chi connectivity index (χ3n) is 2.20. The molecule has 0 unspecified atom stereocenters. The minimum Gasteiger partial charge on any atom is -0.508 e. The Bertz CT molecular complexity index is 396. The van der Waals surface area contributed by atoms with E-state index < -0.39 is 17.9 Å². The molecule has 0 amide bonds. The zero-order valence-corrected chi connectivity index (χ0v) is 9.42. The van der Waals surface area contributed by atoms with Crippen molar-refractivity contribution >= 4 is 11.9 Å². The van der Waals surface area contributed by atoms with Crippen LogP contribution in [0.2, 0.25) is 0 Å². The molecule has 1 aromatic rings. The van der Waals surface area contributed by atoms with Crippen LogP contribution in [0.4, 0.5) is 0 Å². The number of carboxylic acid groups (broad SMARTS) is 1. The van der Waals surface area contributed by atoms with Crippen LogP contribution in [0.25, 0.3) is 0 Å². The molecule has 0 bridgehead atoms. The number of rotatable bonds is 5. The summed E-state index contributed by atoms with van der Waals surface area (Å²) < 4.78 is 4.82. The lowest BCUT2D eigenvalue weighted by Crippen LogP contribution is -2.19. The van der Waals surface area contributed by atoms with Gasteiger partial charge in [-0.3, -0.25) is 9.59 Å². The Kier molecular flexibility index (Phi) is 4.51. The zero-order chi connectivity index (χ0) is 12.8. The lowest BCUT2D eigenvalue weighted by atomic mass is 10.1. The maximum absolute atomic E-state index is 11.3. The summed E-state index contributed by atoms with van der Waals surface area (Å²) in [6, 6.07) is 6.17. The van der Waals surface area contributed by atoms with Gasteiger partial charge in [0.25, 0.3) is 0 Å². The molecule has 0 spiro atoms. The van der Waals surface area contributed by atoms with Crippen molar-refractivity contribution in [3.8, 4) is 5.75 Å². The van der Waals surface area contributed by atoms with Gasteiger partial charge < -0.3 is 14.9 Å². The fraction of sp³-hybridized carbons (Fsp3) is 0.333. The van der Waals surface area contributed by atoms with Gasteiger partial charge >= 0.3 is 11.9 Å². The van der Waals surface area contributed by atoms with Gasteiger partial charge in [0, 0.05) is 0 Å². The Morgan fingerprint density at radius 2 is 1.88 bits per heavy atom. The Balaban J connectivity index is 2.39. The van der Waals surface area contributed by atoms with Crippen molar-refractivity contribution in [1.82, 2.24) is 0 Å². The highest BCUT2D eigenvalue weighted by Crippen LogP contribution is 2.10. The van der Waals surface area contributed by atoms with Crippen molar-refractivity contribution in [3.63, 3.8) is 0 Å². The second-order valence-electron chi connectivity index (χ2n) is 3.77. The maximum atomic E-state index is 11.3. The van der Waals surface area contributed by atoms with Gasteiger partial charge in [-0.1, -0.05) is 12.1 Å². The van der Waals surface area contributed by atoms with Crippen LogP contribution in [-0.2, 0) is 20.7 Å². The summed E-state index contributed by atoms with van der Waals surface area (Å²) in [5.41, 5.74) is 0.704. The number of aromatic hydroxyl groups is 1. The van der Waals surface area contributed by atoms with Crippen molar-refractivity contribution in [2.75, 3.05) is 6.61 Å². The highest BCUT2D eigenvalue weighted by atomic mass is 16.5. The van der Waals surface area contributed by atoms with E-state index in [1.807, 2.05) is 0 Å². The summed E-state index contributed by atoms with van der Waals surface area (Å²) in [6.07, 6.45) is 0.0621. The van der Waals surface area contributed by atoms with E-state index in [1.165, 1.54) is 19.1 Å². The average molecular weight is 238 g/mol. The van der Waals surface area contributed by atoms with E-state index in [1.54, 1.807) is 12.1 Å². The van der Waals surface area contributed by atoms with Crippen LogP contribution in [0.3, 0.4) is 0 Å². The minimum atomic E-state index is -0.998. The number of carbonyl (C=O) groups is 2. The Morgan fingerprint density at radius 1 is 1.29 bits per heavy atom. The molecule has 1 rings (SSSR count). The largest absolute Gasteiger partial charge is 0.508 e. The number of phenolic OH excluding ortho intramolecular Hbond substituents is 1. The summed E-state index contributed by atoms with van der Waals surface area (Å²) in [5.74, 6) is -2.06. The molecule has 0 heterocycles. The van der Waals surface area contributed by atoms with Crippen molar-refractivity contribution in [2.24, 2.45) is 5.92 Å². The van der Waals surface area contributed by atoms with Crippen LogP contribution >= 0.6 is 0 Å². The van der Waals surface area contributed by atoms with E-state index >= 15 is 0 Å². The average Bonchev–Trinajstić information content (AvgIpc) is 2.29. The van der Waals surface area contributed by atoms with Gasteiger partial charge in [0.1, 0.15) is 12.4 Å². The SMILES string of the molecule is C[C@@H](COC(=O)Cc1ccc(O)cc1)C(=O)O. The Labute approximate surface area is 98.6 Å². The zero-order valence-electron chi connectivity index (χ0n) is 9.42. The van der Waals surface area contributed by atoms with E-state index in [0.717, 1.165) is 0 Å². The number of ether oxygens (including phenoxy) is 1. The van der Waals surface area contributed by atoms with Crippen molar-refractivity contribution in [1.29, 1.82) is 0 Å². The van der Waals surface area contributed by atoms with Crippen LogP contribution in [0, 0.1) is 5.92 Å². The predicted octanol–water partition coefficient (Wildman–Crippen LogP) is 1.20. The second kappa shape index (κ2) is 5.89. The number of benzene rings is 1. The number of phenols is 1. The smallest absolute Gasteiger partial charge is 0.310 e. The van der Waals surface area contributed by atoms with Crippen LogP contribution in [-0.4, -0.2) is 28.8 Å². The monoisotopic (exact) mass is 238 g/mol. The molecule has 5 nitrogen and oxygen atoms in total. The van der Waals surface area contributed by atoms with Crippen molar-refractivity contribution in [2.45, 2.75) is 13.3 Å². The third kappa shape index (κ3) is 4.55. The summed E-state index contributed by atoms with van der Waals surface area (Å²) in [7, 11) is 0. The van der Waals surface area contributed by atoms with Gasteiger partial charge in [0.15, 0.2) is 0 Å². The van der Waals surface area contributed by atoms with Crippen LogP contribution in [0.1, 0.15) is 12.5 Å². The number of hydrogen-bond acceptors (Lipinski definition) is 4. The lowest BCUT2D eigenvalue weighted by molar-refractivity contribution is -0.149. The summed E-state index contributed by atoms with van der Waals surface area (Å²) in [4.78, 5) is 21.8. The predicted molar refractivity (Wildman–Crippen MR) is 59.6 cm³/mol. The van der Waals surface area contributed by atoms with E-state index in [4.69, 9.17) is 14.9 Å². The standard InChI is InChI=1S/C12H14O5/c1-8(12(15)16)7-17-11(14)6-9-2-4-10(13)5-3-9/h2-5,8,13H,6-7H2,1H3,(H,15,16)/t8-/m0/s1. The first-order valence-corrected chi connectivity index (χ1v) is 5.15. The van der Waals surface area contributed by atoms with Crippen LogP contribution in [0.5, 0.6) is 5.75 Å². The van der Waals surface area contributed by atoms with Gasteiger partial charge in [-0.15, -0.1) is 0 Å². The van der Waals surface area contributed by atoms with Crippen LogP contribution in [0.15, 0.2) is 24.3 Å². The molecule has 0 fully saturated rings. The lowest BCUT2D eigenvalue weighted by Gasteiger charge is -2.07. The Morgan fingerprint density at radius 3 is 2.41 bits per heavy atom. The first kappa shape index (κ1) is 13.0. The van der Waals surface area contributed by atoms with E-state index in [0.29, 0.717) is 5.56 Å². The number of carbonyl (C=O) groups excluding carboxylic acids is 1. The maximum Gasteiger partial charge on any atom is 0.310 e. The highest BCUT2D eigenvalue weighted by Gasteiger charge is 2.13. The number of aliphatic carboxylic acids is 1. The molecule has 0 saturated carbocycles. The third-order valence-corrected chi connectivity index (χ3v) is 2.20. The molecule has 2 N–H and O–H groups in total. The quantitative estimate of drug-likeness (QED) is 0.753. The molecule has 17 heavy (non-hydrogen) atoms. The molecule has 0 aliphatic heterocycles. The molecule has 0 aromatic heterocycles. The number of carboxylic acids is 1. The molecule has 0 saturated heterocycles. The molecule has 92 valence electrons. The summed E-state index contributed by atoms with van der Waals surface area (Å²) in [5, 5.41) is 17.6. The first-order chi connectivity index (χ1) is 7.99. The van der Waals surface area contributed by atoms with Crippen LogP contribution < -0.4 is 0 Å². The minimum absolute atomic E-state index is 0.0621. The van der Waals surface area contributed by atoms with E-state index in [9.17, 15) is 9.59 Å². The molecule has 5 heteroatoms. The summed E-state index contributed by atoms with van der Waals surface area (Å²) in [6.45, 7) is 1.34. The van der Waals surface area contributed by atoms with Gasteiger partial charge in [0.05, 0.1) is 12.3 Å². The molecular weight excluding hydrogens is 224 g/mol. The number of hydrogen-bond donors (Lipinski definition) is 2. The fourth-order valence-corrected chi connectivity index (χ4v) is 1.12. The molecular formula is C12H14O5. The molecule has 1 aromatic carbocycles. The topological polar surface area (TPSA) is 83.8 Å². The van der Waals surface area contributed by atoms with E-state index in [-0.39, 0.29) is 18.8 Å². The van der Waals surface area contributed by atoms with Gasteiger partial charge in [-0.25, -0.2) is 0 Å². The van der Waals surface area contributed by atoms with Gasteiger partial charge in [0.2, 0.25) is 0 Å². The van der Waals surface area contributed by atoms with Gasteiger partial charge in [-0.2, -0.15) is 0 Å². The highest BCUT2D eigenvalue weighted by molar-refractivity contribution is 5.74. The summed E-state index contributed by atoms with van der Waals surface area (Å²) >= 11 is 0. The van der Waals surface area contributed by atoms with Crippen molar-refractivity contribution < 1.29 is 24.5 Å². The normalized spacial score (nSPS) is 11.8. The van der Waals surface area contributed by atoms with Crippen molar-refractivity contribution in [3.05, 3.63) is 29.8 Å². The molecule has 0 radical (unpaired) electrons. The Hall–Kier alpha value is -2.04. The first-order valence-electron chi connectivity index (χ1n) is 5.15. The molecule has 0 aliphatic rings.